The Morgan fingerprint density at radius 2 is 2.24 bits per heavy atom. The number of carbonyl (C=O) groups excluding carboxylic acids is 1. The highest BCUT2D eigenvalue weighted by Crippen LogP contribution is 2.36. The number of amides is 1. The number of halogens is 1. The van der Waals surface area contributed by atoms with Crippen molar-refractivity contribution in [2.45, 2.75) is 18.8 Å². The van der Waals surface area contributed by atoms with Crippen LogP contribution in [0.1, 0.15) is 12.5 Å². The Bertz CT molecular complexity index is 815. The quantitative estimate of drug-likeness (QED) is 0.773. The Balaban J connectivity index is 1.80. The van der Waals surface area contributed by atoms with Gasteiger partial charge < -0.3 is 10.1 Å². The predicted octanol–water partition coefficient (Wildman–Crippen LogP) is 1.57. The minimum atomic E-state index is -3.56. The minimum Gasteiger partial charge on any atom is -0.442 e. The lowest BCUT2D eigenvalue weighted by Gasteiger charge is -2.18. The number of benzene rings is 1. The summed E-state index contributed by atoms with van der Waals surface area (Å²) in [7, 11) is -3.56. The molecule has 1 fully saturated rings. The van der Waals surface area contributed by atoms with Crippen molar-refractivity contribution < 1.29 is 22.3 Å². The molecule has 136 valence electrons. The van der Waals surface area contributed by atoms with E-state index in [1.807, 2.05) is 0 Å². The van der Waals surface area contributed by atoms with E-state index in [1.165, 1.54) is 4.90 Å². The van der Waals surface area contributed by atoms with E-state index in [0.717, 1.165) is 4.31 Å². The molecule has 0 unspecified atom stereocenters. The molecule has 25 heavy (non-hydrogen) atoms. The Kier molecular flexibility index (Phi) is 4.83. The summed E-state index contributed by atoms with van der Waals surface area (Å²) < 4.78 is 43.3. The van der Waals surface area contributed by atoms with Gasteiger partial charge in [-0.15, -0.1) is 0 Å². The van der Waals surface area contributed by atoms with Crippen LogP contribution in [-0.4, -0.2) is 51.9 Å². The number of cyclic esters (lactones) is 1. The number of fused-ring (bicyclic) bond motifs is 1. The number of anilines is 2. The maximum absolute atomic E-state index is 12.6. The van der Waals surface area contributed by atoms with E-state index in [1.54, 1.807) is 25.1 Å². The van der Waals surface area contributed by atoms with Crippen LogP contribution in [0.3, 0.4) is 0 Å². The third-order valence-corrected chi connectivity index (χ3v) is 5.93. The van der Waals surface area contributed by atoms with Gasteiger partial charge in [0.1, 0.15) is 12.8 Å². The predicted molar refractivity (Wildman–Crippen MR) is 96.3 cm³/mol. The van der Waals surface area contributed by atoms with Gasteiger partial charge in [-0.05, 0) is 30.7 Å². The molecule has 2 aliphatic heterocycles. The van der Waals surface area contributed by atoms with Gasteiger partial charge in [0, 0.05) is 5.69 Å². The van der Waals surface area contributed by atoms with Crippen LogP contribution in [0.15, 0.2) is 18.2 Å². The molecule has 7 nitrogen and oxygen atoms in total. The molecule has 2 aliphatic rings. The molecule has 2 heterocycles. The average Bonchev–Trinajstić information content (AvgIpc) is 3.02. The monoisotopic (exact) mass is 387 g/mol. The Morgan fingerprint density at radius 1 is 1.48 bits per heavy atom. The number of carbonyl (C=O) groups is 1. The van der Waals surface area contributed by atoms with E-state index in [4.69, 9.17) is 17.0 Å². The first kappa shape index (κ1) is 17.9. The van der Waals surface area contributed by atoms with Gasteiger partial charge >= 0.3 is 6.09 Å². The van der Waals surface area contributed by atoms with Gasteiger partial charge in [0.15, 0.2) is 0 Å². The standard InChI is InChI=1S/C15H18FN3O4S2/c1-10(24)17-7-13-8-18(15(20)23-13)12-2-3-14-11(6-12)9-25(21,22)19(14)5-4-16/h2-3,6,13H,4-5,7-9H2,1H3,(H,17,24)/t13-/m0/s1. The van der Waals surface area contributed by atoms with Crippen molar-refractivity contribution in [3.8, 4) is 0 Å². The second kappa shape index (κ2) is 6.75. The number of thiocarbonyl (C=S) groups is 1. The molecule has 0 spiro atoms. The van der Waals surface area contributed by atoms with Crippen molar-refractivity contribution >= 4 is 44.7 Å². The maximum atomic E-state index is 12.6. The summed E-state index contributed by atoms with van der Waals surface area (Å²) in [6.07, 6.45) is -0.833. The highest BCUT2D eigenvalue weighted by atomic mass is 32.2. The lowest BCUT2D eigenvalue weighted by molar-refractivity contribution is 0.143. The largest absolute Gasteiger partial charge is 0.442 e. The molecule has 1 aromatic carbocycles. The number of sulfonamides is 1. The summed E-state index contributed by atoms with van der Waals surface area (Å²) in [6, 6.07) is 4.89. The van der Waals surface area contributed by atoms with Crippen molar-refractivity contribution in [3.05, 3.63) is 23.8 Å². The number of hydrogen-bond acceptors (Lipinski definition) is 5. The number of ether oxygens (including phenoxy) is 1. The zero-order chi connectivity index (χ0) is 18.2. The fraction of sp³-hybridized carbons (Fsp3) is 0.467. The van der Waals surface area contributed by atoms with Crippen LogP contribution in [0, 0.1) is 0 Å². The van der Waals surface area contributed by atoms with Crippen LogP contribution in [0.4, 0.5) is 20.6 Å². The van der Waals surface area contributed by atoms with Crippen LogP contribution >= 0.6 is 12.2 Å². The lowest BCUT2D eigenvalue weighted by atomic mass is 10.1. The molecule has 3 rings (SSSR count). The highest BCUT2D eigenvalue weighted by Gasteiger charge is 2.36. The number of nitrogens with one attached hydrogen (secondary N) is 1. The molecule has 1 N–H and O–H groups in total. The SMILES string of the molecule is CC(=S)NC[C@H]1CN(c2ccc3c(c2)CS(=O)(=O)N3CCF)C(=O)O1. The molecule has 0 radical (unpaired) electrons. The topological polar surface area (TPSA) is 79.0 Å². The minimum absolute atomic E-state index is 0.200. The van der Waals surface area contributed by atoms with Gasteiger partial charge in [0.05, 0.1) is 36.1 Å². The molecule has 1 saturated heterocycles. The van der Waals surface area contributed by atoms with Gasteiger partial charge in [-0.2, -0.15) is 0 Å². The van der Waals surface area contributed by atoms with E-state index in [-0.39, 0.29) is 18.4 Å². The van der Waals surface area contributed by atoms with Crippen molar-refractivity contribution in [2.75, 3.05) is 35.5 Å². The zero-order valence-electron chi connectivity index (χ0n) is 13.6. The van der Waals surface area contributed by atoms with Crippen LogP contribution < -0.4 is 14.5 Å². The molecule has 0 bridgehead atoms. The molecule has 1 aromatic rings. The smallest absolute Gasteiger partial charge is 0.414 e. The zero-order valence-corrected chi connectivity index (χ0v) is 15.2. The van der Waals surface area contributed by atoms with Crippen LogP contribution in [0.2, 0.25) is 0 Å². The van der Waals surface area contributed by atoms with Crippen LogP contribution in [0.25, 0.3) is 0 Å². The molecule has 10 heteroatoms. The summed E-state index contributed by atoms with van der Waals surface area (Å²) in [5, 5.41) is 2.96. The average molecular weight is 387 g/mol. The normalized spacial score (nSPS) is 21.2. The summed E-state index contributed by atoms with van der Waals surface area (Å²) in [5.41, 5.74) is 1.57. The van der Waals surface area contributed by atoms with E-state index >= 15 is 0 Å². The molecule has 0 saturated carbocycles. The Hall–Kier alpha value is -1.94. The second-order valence-corrected chi connectivity index (χ2v) is 8.39. The van der Waals surface area contributed by atoms with Gasteiger partial charge in [-0.25, -0.2) is 17.6 Å². The molecule has 0 aliphatic carbocycles. The van der Waals surface area contributed by atoms with Crippen molar-refractivity contribution in [1.82, 2.24) is 5.32 Å². The maximum Gasteiger partial charge on any atom is 0.414 e. The molecular weight excluding hydrogens is 369 g/mol. The van der Waals surface area contributed by atoms with Crippen molar-refractivity contribution in [2.24, 2.45) is 0 Å². The number of alkyl halides is 1. The van der Waals surface area contributed by atoms with Crippen molar-refractivity contribution in [3.63, 3.8) is 0 Å². The summed E-state index contributed by atoms with van der Waals surface area (Å²) in [5.74, 6) is -0.200. The van der Waals surface area contributed by atoms with Gasteiger partial charge in [-0.1, -0.05) is 12.2 Å². The first-order valence-electron chi connectivity index (χ1n) is 7.73. The lowest BCUT2D eigenvalue weighted by Crippen LogP contribution is -2.32. The van der Waals surface area contributed by atoms with E-state index in [0.29, 0.717) is 35.0 Å². The van der Waals surface area contributed by atoms with Gasteiger partial charge in [-0.3, -0.25) is 9.21 Å². The molecular formula is C15H18FN3O4S2. The summed E-state index contributed by atoms with van der Waals surface area (Å²) >= 11 is 4.94. The van der Waals surface area contributed by atoms with Gasteiger partial charge in [0.25, 0.3) is 0 Å². The Labute approximate surface area is 150 Å². The van der Waals surface area contributed by atoms with Crippen LogP contribution in [0.5, 0.6) is 0 Å². The fourth-order valence-corrected chi connectivity index (χ4v) is 4.64. The van der Waals surface area contributed by atoms with E-state index in [9.17, 15) is 17.6 Å². The third kappa shape index (κ3) is 3.54. The summed E-state index contributed by atoms with van der Waals surface area (Å²) in [4.78, 5) is 14.2. The number of hydrogen-bond donors (Lipinski definition) is 1. The van der Waals surface area contributed by atoms with Crippen LogP contribution in [-0.2, 0) is 20.5 Å². The highest BCUT2D eigenvalue weighted by molar-refractivity contribution is 7.92. The fourth-order valence-electron chi connectivity index (χ4n) is 2.96. The Morgan fingerprint density at radius 3 is 2.92 bits per heavy atom. The summed E-state index contributed by atoms with van der Waals surface area (Å²) in [6.45, 7) is 1.54. The molecule has 1 atom stereocenters. The number of nitrogens with zero attached hydrogens (tertiary/aromatic N) is 2. The third-order valence-electron chi connectivity index (χ3n) is 4.06. The number of rotatable bonds is 5. The van der Waals surface area contributed by atoms with Gasteiger partial charge in [0.2, 0.25) is 10.0 Å². The first-order valence-corrected chi connectivity index (χ1v) is 9.75. The molecule has 1 amide bonds. The van der Waals surface area contributed by atoms with E-state index in [2.05, 4.69) is 5.32 Å². The second-order valence-electron chi connectivity index (χ2n) is 5.88. The molecule has 0 aromatic heterocycles. The van der Waals surface area contributed by atoms with Crippen molar-refractivity contribution in [1.29, 1.82) is 0 Å². The first-order chi connectivity index (χ1) is 11.8. The van der Waals surface area contributed by atoms with E-state index < -0.39 is 22.8 Å².